The molecule has 84 valence electrons. The molecular weight excluding hydrogens is 257 g/mol. The number of benzene rings is 1. The SMILES string of the molecule is CCCC(C)NCc1cccc(F)c1Br. The Morgan fingerprint density at radius 3 is 2.87 bits per heavy atom. The lowest BCUT2D eigenvalue weighted by molar-refractivity contribution is 0.506. The third-order valence-corrected chi connectivity index (χ3v) is 3.28. The van der Waals surface area contributed by atoms with E-state index < -0.39 is 0 Å². The number of nitrogens with one attached hydrogen (secondary N) is 1. The molecule has 1 rings (SSSR count). The molecule has 1 unspecified atom stereocenters. The van der Waals surface area contributed by atoms with Gasteiger partial charge in [-0.05, 0) is 40.9 Å². The fourth-order valence-electron chi connectivity index (χ4n) is 1.50. The van der Waals surface area contributed by atoms with Crippen LogP contribution in [0.1, 0.15) is 32.3 Å². The maximum absolute atomic E-state index is 13.2. The maximum atomic E-state index is 13.2. The van der Waals surface area contributed by atoms with E-state index in [1.807, 2.05) is 6.07 Å². The lowest BCUT2D eigenvalue weighted by Gasteiger charge is -2.13. The minimum atomic E-state index is -0.197. The van der Waals surface area contributed by atoms with Gasteiger partial charge >= 0.3 is 0 Å². The van der Waals surface area contributed by atoms with Gasteiger partial charge in [0.15, 0.2) is 0 Å². The molecule has 0 aliphatic carbocycles. The van der Waals surface area contributed by atoms with Gasteiger partial charge in [-0.25, -0.2) is 4.39 Å². The molecular formula is C12H17BrFN. The van der Waals surface area contributed by atoms with E-state index in [2.05, 4.69) is 35.1 Å². The van der Waals surface area contributed by atoms with Crippen molar-refractivity contribution in [2.45, 2.75) is 39.3 Å². The zero-order valence-corrected chi connectivity index (χ0v) is 10.8. The summed E-state index contributed by atoms with van der Waals surface area (Å²) in [6.07, 6.45) is 2.31. The molecule has 1 aromatic carbocycles. The molecule has 0 aromatic heterocycles. The molecule has 0 fully saturated rings. The Kier molecular flexibility index (Phi) is 5.26. The highest BCUT2D eigenvalue weighted by atomic mass is 79.9. The first-order chi connectivity index (χ1) is 7.15. The van der Waals surface area contributed by atoms with E-state index in [0.717, 1.165) is 12.0 Å². The van der Waals surface area contributed by atoms with E-state index in [4.69, 9.17) is 0 Å². The van der Waals surface area contributed by atoms with Crippen molar-refractivity contribution in [2.24, 2.45) is 0 Å². The van der Waals surface area contributed by atoms with Crippen LogP contribution in [0.5, 0.6) is 0 Å². The van der Waals surface area contributed by atoms with Gasteiger partial charge in [-0.1, -0.05) is 25.5 Å². The first-order valence-electron chi connectivity index (χ1n) is 5.31. The van der Waals surface area contributed by atoms with Crippen molar-refractivity contribution in [3.8, 4) is 0 Å². The van der Waals surface area contributed by atoms with Crippen LogP contribution in [0.3, 0.4) is 0 Å². The van der Waals surface area contributed by atoms with Gasteiger partial charge in [-0.3, -0.25) is 0 Å². The second-order valence-electron chi connectivity index (χ2n) is 3.78. The third-order valence-electron chi connectivity index (χ3n) is 2.39. The normalized spacial score (nSPS) is 12.8. The van der Waals surface area contributed by atoms with Crippen LogP contribution in [0, 0.1) is 5.82 Å². The van der Waals surface area contributed by atoms with Crippen LogP contribution in [0.2, 0.25) is 0 Å². The summed E-state index contributed by atoms with van der Waals surface area (Å²) in [5.41, 5.74) is 0.970. The van der Waals surface area contributed by atoms with E-state index in [0.29, 0.717) is 17.1 Å². The summed E-state index contributed by atoms with van der Waals surface area (Å²) in [6, 6.07) is 5.61. The van der Waals surface area contributed by atoms with Crippen LogP contribution >= 0.6 is 15.9 Å². The second kappa shape index (κ2) is 6.23. The standard InChI is InChI=1S/C12H17BrFN/c1-3-5-9(2)15-8-10-6-4-7-11(14)12(10)13/h4,6-7,9,15H,3,5,8H2,1-2H3. The smallest absolute Gasteiger partial charge is 0.137 e. The summed E-state index contributed by atoms with van der Waals surface area (Å²) in [5.74, 6) is -0.197. The molecule has 0 saturated carbocycles. The summed E-state index contributed by atoms with van der Waals surface area (Å²) >= 11 is 3.25. The minimum absolute atomic E-state index is 0.197. The Balaban J connectivity index is 2.54. The highest BCUT2D eigenvalue weighted by molar-refractivity contribution is 9.10. The molecule has 15 heavy (non-hydrogen) atoms. The van der Waals surface area contributed by atoms with Crippen molar-refractivity contribution in [1.82, 2.24) is 5.32 Å². The van der Waals surface area contributed by atoms with Gasteiger partial charge in [-0.2, -0.15) is 0 Å². The van der Waals surface area contributed by atoms with Crippen molar-refractivity contribution in [1.29, 1.82) is 0 Å². The summed E-state index contributed by atoms with van der Waals surface area (Å²) in [4.78, 5) is 0. The molecule has 0 aliphatic rings. The van der Waals surface area contributed by atoms with Gasteiger partial charge in [0.1, 0.15) is 5.82 Å². The zero-order chi connectivity index (χ0) is 11.3. The maximum Gasteiger partial charge on any atom is 0.137 e. The molecule has 0 bridgehead atoms. The van der Waals surface area contributed by atoms with Crippen LogP contribution in [0.15, 0.2) is 22.7 Å². The molecule has 0 aliphatic heterocycles. The lowest BCUT2D eigenvalue weighted by atomic mass is 10.1. The van der Waals surface area contributed by atoms with Gasteiger partial charge in [0.2, 0.25) is 0 Å². The highest BCUT2D eigenvalue weighted by Gasteiger charge is 2.06. The quantitative estimate of drug-likeness (QED) is 0.859. The van der Waals surface area contributed by atoms with E-state index >= 15 is 0 Å². The summed E-state index contributed by atoms with van der Waals surface area (Å²) in [6.45, 7) is 5.02. The summed E-state index contributed by atoms with van der Waals surface area (Å²) < 4.78 is 13.7. The molecule has 1 atom stereocenters. The average Bonchev–Trinajstić information content (AvgIpc) is 2.21. The summed E-state index contributed by atoms with van der Waals surface area (Å²) in [5, 5.41) is 3.37. The van der Waals surface area contributed by atoms with Crippen molar-refractivity contribution >= 4 is 15.9 Å². The number of halogens is 2. The Labute approximate surface area is 99.2 Å². The van der Waals surface area contributed by atoms with E-state index in [9.17, 15) is 4.39 Å². The molecule has 3 heteroatoms. The Hall–Kier alpha value is -0.410. The number of rotatable bonds is 5. The lowest BCUT2D eigenvalue weighted by Crippen LogP contribution is -2.25. The fraction of sp³-hybridized carbons (Fsp3) is 0.500. The van der Waals surface area contributed by atoms with E-state index in [1.165, 1.54) is 12.5 Å². The molecule has 1 N–H and O–H groups in total. The van der Waals surface area contributed by atoms with E-state index in [1.54, 1.807) is 6.07 Å². The van der Waals surface area contributed by atoms with Crippen LogP contribution < -0.4 is 5.32 Å². The van der Waals surface area contributed by atoms with Gasteiger partial charge in [0.05, 0.1) is 4.47 Å². The Bertz CT molecular complexity index is 314. The van der Waals surface area contributed by atoms with Crippen LogP contribution in [0.4, 0.5) is 4.39 Å². The molecule has 0 spiro atoms. The third kappa shape index (κ3) is 3.92. The highest BCUT2D eigenvalue weighted by Crippen LogP contribution is 2.20. The second-order valence-corrected chi connectivity index (χ2v) is 4.58. The first-order valence-corrected chi connectivity index (χ1v) is 6.10. The van der Waals surface area contributed by atoms with Crippen LogP contribution in [0.25, 0.3) is 0 Å². The van der Waals surface area contributed by atoms with Gasteiger partial charge in [0.25, 0.3) is 0 Å². The average molecular weight is 274 g/mol. The van der Waals surface area contributed by atoms with Crippen molar-refractivity contribution in [3.05, 3.63) is 34.1 Å². The monoisotopic (exact) mass is 273 g/mol. The van der Waals surface area contributed by atoms with Gasteiger partial charge in [0, 0.05) is 12.6 Å². The molecule has 0 heterocycles. The molecule has 0 radical (unpaired) electrons. The van der Waals surface area contributed by atoms with Crippen molar-refractivity contribution < 1.29 is 4.39 Å². The Morgan fingerprint density at radius 1 is 1.47 bits per heavy atom. The first kappa shape index (κ1) is 12.7. The predicted octanol–water partition coefficient (Wildman–Crippen LogP) is 3.87. The molecule has 1 aromatic rings. The molecule has 0 amide bonds. The van der Waals surface area contributed by atoms with E-state index in [-0.39, 0.29) is 5.82 Å². The minimum Gasteiger partial charge on any atom is -0.310 e. The Morgan fingerprint density at radius 2 is 2.20 bits per heavy atom. The zero-order valence-electron chi connectivity index (χ0n) is 9.19. The molecule has 0 saturated heterocycles. The predicted molar refractivity (Wildman–Crippen MR) is 65.3 cm³/mol. The van der Waals surface area contributed by atoms with Crippen molar-refractivity contribution in [2.75, 3.05) is 0 Å². The molecule has 1 nitrogen and oxygen atoms in total. The van der Waals surface area contributed by atoms with Gasteiger partial charge in [-0.15, -0.1) is 0 Å². The van der Waals surface area contributed by atoms with Crippen molar-refractivity contribution in [3.63, 3.8) is 0 Å². The number of hydrogen-bond acceptors (Lipinski definition) is 1. The topological polar surface area (TPSA) is 12.0 Å². The number of hydrogen-bond donors (Lipinski definition) is 1. The largest absolute Gasteiger partial charge is 0.310 e. The van der Waals surface area contributed by atoms with Crippen LogP contribution in [-0.2, 0) is 6.54 Å². The van der Waals surface area contributed by atoms with Gasteiger partial charge < -0.3 is 5.32 Å². The fourth-order valence-corrected chi connectivity index (χ4v) is 1.91. The van der Waals surface area contributed by atoms with Crippen LogP contribution in [-0.4, -0.2) is 6.04 Å². The summed E-state index contributed by atoms with van der Waals surface area (Å²) in [7, 11) is 0.